The van der Waals surface area contributed by atoms with Crippen LogP contribution in [0.2, 0.25) is 0 Å². The number of carbonyl (C=O) groups is 1. The van der Waals surface area contributed by atoms with Crippen LogP contribution in [0.5, 0.6) is 0 Å². The Labute approximate surface area is 167 Å². The third-order valence-electron chi connectivity index (χ3n) is 5.00. The molecular weight excluding hydrogens is 344 g/mol. The van der Waals surface area contributed by atoms with Crippen LogP contribution >= 0.6 is 0 Å². The van der Waals surface area contributed by atoms with Crippen molar-refractivity contribution in [3.05, 3.63) is 94.5 Å². The maximum atomic E-state index is 11.2. The smallest absolute Gasteiger partial charge is 0.335 e. The van der Waals surface area contributed by atoms with Crippen molar-refractivity contribution >= 4 is 18.1 Å². The Hall–Kier alpha value is -3.13. The van der Waals surface area contributed by atoms with Crippen molar-refractivity contribution in [2.75, 3.05) is 0 Å². The molecule has 0 aliphatic heterocycles. The van der Waals surface area contributed by atoms with Crippen molar-refractivity contribution in [1.82, 2.24) is 0 Å². The SMILES string of the molecule is CCCCc1ccccc1-c1ccccc1C=Cc1ccc(C(=O)O)c(C)c1. The van der Waals surface area contributed by atoms with Gasteiger partial charge < -0.3 is 5.11 Å². The van der Waals surface area contributed by atoms with E-state index >= 15 is 0 Å². The lowest BCUT2D eigenvalue weighted by Crippen LogP contribution is -1.99. The Bertz CT molecular complexity index is 999. The molecule has 3 aromatic rings. The number of benzene rings is 3. The van der Waals surface area contributed by atoms with Gasteiger partial charge in [0.15, 0.2) is 0 Å². The fourth-order valence-electron chi connectivity index (χ4n) is 3.47. The predicted octanol–water partition coefficient (Wildman–Crippen LogP) is 6.87. The van der Waals surface area contributed by atoms with Crippen LogP contribution in [0.1, 0.15) is 52.4 Å². The highest BCUT2D eigenvalue weighted by molar-refractivity contribution is 5.90. The fourth-order valence-corrected chi connectivity index (χ4v) is 3.47. The van der Waals surface area contributed by atoms with Gasteiger partial charge in [-0.1, -0.05) is 86.2 Å². The van der Waals surface area contributed by atoms with Gasteiger partial charge in [0, 0.05) is 0 Å². The minimum Gasteiger partial charge on any atom is -0.478 e. The summed E-state index contributed by atoms with van der Waals surface area (Å²) in [5.41, 5.74) is 7.17. The summed E-state index contributed by atoms with van der Waals surface area (Å²) in [6.07, 6.45) is 7.61. The third kappa shape index (κ3) is 4.58. The van der Waals surface area contributed by atoms with E-state index in [1.165, 1.54) is 29.5 Å². The van der Waals surface area contributed by atoms with Crippen LogP contribution in [0.3, 0.4) is 0 Å². The number of aryl methyl sites for hydroxylation is 2. The average Bonchev–Trinajstić information content (AvgIpc) is 2.71. The normalized spacial score (nSPS) is 11.1. The largest absolute Gasteiger partial charge is 0.478 e. The molecule has 0 saturated carbocycles. The molecule has 0 bridgehead atoms. The molecule has 28 heavy (non-hydrogen) atoms. The van der Waals surface area contributed by atoms with E-state index in [0.717, 1.165) is 23.1 Å². The van der Waals surface area contributed by atoms with Crippen LogP contribution in [-0.4, -0.2) is 11.1 Å². The van der Waals surface area contributed by atoms with Crippen molar-refractivity contribution < 1.29 is 9.90 Å². The molecule has 2 nitrogen and oxygen atoms in total. The lowest BCUT2D eigenvalue weighted by atomic mass is 9.92. The Kier molecular flexibility index (Phi) is 6.44. The van der Waals surface area contributed by atoms with Crippen LogP contribution in [0.4, 0.5) is 0 Å². The Balaban J connectivity index is 1.95. The van der Waals surface area contributed by atoms with E-state index in [4.69, 9.17) is 0 Å². The molecule has 0 saturated heterocycles. The molecule has 0 unspecified atom stereocenters. The molecule has 0 atom stereocenters. The van der Waals surface area contributed by atoms with Crippen molar-refractivity contribution in [2.45, 2.75) is 33.1 Å². The van der Waals surface area contributed by atoms with E-state index in [1.807, 2.05) is 25.1 Å². The molecule has 0 amide bonds. The van der Waals surface area contributed by atoms with Crippen LogP contribution < -0.4 is 0 Å². The number of hydrogen-bond acceptors (Lipinski definition) is 1. The van der Waals surface area contributed by atoms with Crippen molar-refractivity contribution in [3.8, 4) is 11.1 Å². The fraction of sp³-hybridized carbons (Fsp3) is 0.192. The first-order valence-corrected chi connectivity index (χ1v) is 9.79. The quantitative estimate of drug-likeness (QED) is 0.461. The summed E-state index contributed by atoms with van der Waals surface area (Å²) in [4.78, 5) is 11.2. The lowest BCUT2D eigenvalue weighted by molar-refractivity contribution is 0.0696. The van der Waals surface area contributed by atoms with Crippen LogP contribution in [-0.2, 0) is 6.42 Å². The Morgan fingerprint density at radius 2 is 1.64 bits per heavy atom. The lowest BCUT2D eigenvalue weighted by Gasteiger charge is -2.12. The second-order valence-electron chi connectivity index (χ2n) is 7.06. The second-order valence-corrected chi connectivity index (χ2v) is 7.06. The minimum absolute atomic E-state index is 0.349. The Morgan fingerprint density at radius 1 is 0.929 bits per heavy atom. The van der Waals surface area contributed by atoms with Gasteiger partial charge in [-0.05, 0) is 59.2 Å². The highest BCUT2D eigenvalue weighted by Gasteiger charge is 2.08. The number of aromatic carboxylic acids is 1. The molecule has 2 heteroatoms. The number of hydrogen-bond donors (Lipinski definition) is 1. The molecule has 0 spiro atoms. The topological polar surface area (TPSA) is 37.3 Å². The highest BCUT2D eigenvalue weighted by Crippen LogP contribution is 2.29. The maximum Gasteiger partial charge on any atom is 0.335 e. The number of unbranched alkanes of at least 4 members (excludes halogenated alkanes) is 1. The predicted molar refractivity (Wildman–Crippen MR) is 118 cm³/mol. The summed E-state index contributed by atoms with van der Waals surface area (Å²) in [5, 5.41) is 9.20. The van der Waals surface area contributed by atoms with E-state index in [1.54, 1.807) is 6.07 Å². The summed E-state index contributed by atoms with van der Waals surface area (Å²) in [6, 6.07) is 22.5. The van der Waals surface area contributed by atoms with E-state index < -0.39 is 5.97 Å². The van der Waals surface area contributed by atoms with Gasteiger partial charge in [-0.2, -0.15) is 0 Å². The maximum absolute atomic E-state index is 11.2. The first kappa shape index (κ1) is 19.6. The molecule has 0 aromatic heterocycles. The van der Waals surface area contributed by atoms with Gasteiger partial charge in [0.1, 0.15) is 0 Å². The van der Waals surface area contributed by atoms with Gasteiger partial charge in [-0.15, -0.1) is 0 Å². The molecular formula is C26H26O2. The number of carboxylic acid groups (broad SMARTS) is 1. The summed E-state index contributed by atoms with van der Waals surface area (Å²) in [5.74, 6) is -0.887. The number of carboxylic acids is 1. The molecule has 0 heterocycles. The van der Waals surface area contributed by atoms with Crippen LogP contribution in [0.15, 0.2) is 66.7 Å². The van der Waals surface area contributed by atoms with Gasteiger partial charge in [0.2, 0.25) is 0 Å². The highest BCUT2D eigenvalue weighted by atomic mass is 16.4. The first-order valence-electron chi connectivity index (χ1n) is 9.79. The molecule has 0 radical (unpaired) electrons. The minimum atomic E-state index is -0.887. The van der Waals surface area contributed by atoms with E-state index in [0.29, 0.717) is 5.56 Å². The molecule has 142 valence electrons. The monoisotopic (exact) mass is 370 g/mol. The summed E-state index contributed by atoms with van der Waals surface area (Å²) in [6.45, 7) is 4.05. The molecule has 1 N–H and O–H groups in total. The first-order chi connectivity index (χ1) is 13.6. The van der Waals surface area contributed by atoms with Gasteiger partial charge in [0.25, 0.3) is 0 Å². The van der Waals surface area contributed by atoms with Crippen molar-refractivity contribution in [3.63, 3.8) is 0 Å². The zero-order valence-corrected chi connectivity index (χ0v) is 16.5. The number of rotatable bonds is 7. The van der Waals surface area contributed by atoms with Gasteiger partial charge >= 0.3 is 5.97 Å². The van der Waals surface area contributed by atoms with E-state index in [-0.39, 0.29) is 0 Å². The van der Waals surface area contributed by atoms with Gasteiger partial charge in [0.05, 0.1) is 5.56 Å². The average molecular weight is 370 g/mol. The van der Waals surface area contributed by atoms with Crippen molar-refractivity contribution in [1.29, 1.82) is 0 Å². The summed E-state index contributed by atoms with van der Waals surface area (Å²) >= 11 is 0. The van der Waals surface area contributed by atoms with Crippen LogP contribution in [0, 0.1) is 6.92 Å². The molecule has 0 aliphatic rings. The third-order valence-corrected chi connectivity index (χ3v) is 5.00. The Morgan fingerprint density at radius 3 is 2.36 bits per heavy atom. The molecule has 0 aliphatic carbocycles. The zero-order valence-electron chi connectivity index (χ0n) is 16.5. The summed E-state index contributed by atoms with van der Waals surface area (Å²) < 4.78 is 0. The van der Waals surface area contributed by atoms with Gasteiger partial charge in [-0.25, -0.2) is 4.79 Å². The van der Waals surface area contributed by atoms with E-state index in [9.17, 15) is 9.90 Å². The zero-order chi connectivity index (χ0) is 19.9. The molecule has 0 fully saturated rings. The molecule has 3 rings (SSSR count). The van der Waals surface area contributed by atoms with E-state index in [2.05, 4.69) is 61.5 Å². The molecule has 3 aromatic carbocycles. The van der Waals surface area contributed by atoms with Gasteiger partial charge in [-0.3, -0.25) is 0 Å². The second kappa shape index (κ2) is 9.18. The van der Waals surface area contributed by atoms with Crippen LogP contribution in [0.25, 0.3) is 23.3 Å². The summed E-state index contributed by atoms with van der Waals surface area (Å²) in [7, 11) is 0. The van der Waals surface area contributed by atoms with Crippen molar-refractivity contribution in [2.24, 2.45) is 0 Å². The standard InChI is InChI=1S/C26H26O2/c1-3-4-9-21-10-5-7-12-24(21)25-13-8-6-11-22(25)16-14-20-15-17-23(26(27)28)19(2)18-20/h5-8,10-18H,3-4,9H2,1-2H3,(H,27,28).